The highest BCUT2D eigenvalue weighted by Gasteiger charge is 2.27. The predicted molar refractivity (Wildman–Crippen MR) is 92.1 cm³/mol. The third kappa shape index (κ3) is 2.55. The fraction of sp³-hybridized carbons (Fsp3) is 0.333. The molecule has 0 N–H and O–H groups in total. The molecule has 0 radical (unpaired) electrons. The molecule has 1 amide bonds. The van der Waals surface area contributed by atoms with E-state index in [2.05, 4.69) is 21.8 Å². The first-order valence-electron chi connectivity index (χ1n) is 7.99. The van der Waals surface area contributed by atoms with Crippen molar-refractivity contribution in [2.45, 2.75) is 25.7 Å². The molecule has 4 nitrogen and oxygen atoms in total. The molecule has 5 heteroatoms. The van der Waals surface area contributed by atoms with Crippen LogP contribution in [0, 0.1) is 6.92 Å². The molecule has 0 unspecified atom stereocenters. The van der Waals surface area contributed by atoms with Crippen molar-refractivity contribution in [3.63, 3.8) is 0 Å². The van der Waals surface area contributed by atoms with Crippen molar-refractivity contribution in [2.75, 3.05) is 13.1 Å². The number of fused-ring (bicyclic) bond motifs is 1. The summed E-state index contributed by atoms with van der Waals surface area (Å²) >= 11 is 1.75. The Hall–Kier alpha value is -2.14. The Balaban J connectivity index is 1.55. The van der Waals surface area contributed by atoms with Gasteiger partial charge >= 0.3 is 0 Å². The molecule has 3 aromatic rings. The summed E-state index contributed by atoms with van der Waals surface area (Å²) in [5, 5.41) is 4.37. The van der Waals surface area contributed by atoms with E-state index < -0.39 is 0 Å². The smallest absolute Gasteiger partial charge is 0.272 e. The lowest BCUT2D eigenvalue weighted by Gasteiger charge is -2.31. The number of nitrogens with zero attached hydrogens (tertiary/aromatic N) is 3. The van der Waals surface area contributed by atoms with Gasteiger partial charge in [0.1, 0.15) is 11.3 Å². The zero-order valence-electron chi connectivity index (χ0n) is 13.1. The van der Waals surface area contributed by atoms with Crippen molar-refractivity contribution in [2.24, 2.45) is 0 Å². The van der Waals surface area contributed by atoms with Gasteiger partial charge in [0.05, 0.1) is 5.69 Å². The maximum Gasteiger partial charge on any atom is 0.272 e. The number of aromatic nitrogens is 2. The molecule has 1 aliphatic rings. The number of amides is 1. The van der Waals surface area contributed by atoms with Crippen LogP contribution in [-0.4, -0.2) is 33.3 Å². The Morgan fingerprint density at radius 2 is 2.09 bits per heavy atom. The first kappa shape index (κ1) is 14.5. The standard InChI is InChI=1S/C18H19N3OS/c1-13-17(21-8-3-2-4-16(21)19-13)18(22)20-9-5-14(6-10-20)15-7-11-23-12-15/h2-4,7-8,11-12,14H,5-6,9-10H2,1H3. The van der Waals surface area contributed by atoms with Gasteiger partial charge in [-0.15, -0.1) is 0 Å². The zero-order valence-corrected chi connectivity index (χ0v) is 13.9. The Labute approximate surface area is 139 Å². The molecule has 4 heterocycles. The highest BCUT2D eigenvalue weighted by atomic mass is 32.1. The lowest BCUT2D eigenvalue weighted by molar-refractivity contribution is 0.0705. The summed E-state index contributed by atoms with van der Waals surface area (Å²) in [4.78, 5) is 19.4. The third-order valence-corrected chi connectivity index (χ3v) is 5.41. The monoisotopic (exact) mass is 325 g/mol. The number of carbonyl (C=O) groups is 1. The van der Waals surface area contributed by atoms with Gasteiger partial charge in [0.15, 0.2) is 0 Å². The van der Waals surface area contributed by atoms with Crippen LogP contribution in [0.3, 0.4) is 0 Å². The molecule has 0 bridgehead atoms. The number of hydrogen-bond donors (Lipinski definition) is 0. The number of imidazole rings is 1. The van der Waals surface area contributed by atoms with Crippen LogP contribution in [0.2, 0.25) is 0 Å². The van der Waals surface area contributed by atoms with E-state index >= 15 is 0 Å². The fourth-order valence-corrected chi connectivity index (χ4v) is 4.19. The minimum absolute atomic E-state index is 0.102. The first-order valence-corrected chi connectivity index (χ1v) is 8.93. The van der Waals surface area contributed by atoms with Crippen LogP contribution in [0.5, 0.6) is 0 Å². The first-order chi connectivity index (χ1) is 11.2. The molecule has 1 aliphatic heterocycles. The number of thiophene rings is 1. The number of piperidine rings is 1. The van der Waals surface area contributed by atoms with E-state index in [1.807, 2.05) is 40.6 Å². The van der Waals surface area contributed by atoms with Crippen LogP contribution in [0.15, 0.2) is 41.2 Å². The predicted octanol–water partition coefficient (Wildman–Crippen LogP) is 3.72. The van der Waals surface area contributed by atoms with Crippen LogP contribution in [0.4, 0.5) is 0 Å². The summed E-state index contributed by atoms with van der Waals surface area (Å²) in [7, 11) is 0. The number of aryl methyl sites for hydroxylation is 1. The van der Waals surface area contributed by atoms with Crippen molar-refractivity contribution in [3.05, 3.63) is 58.2 Å². The average molecular weight is 325 g/mol. The van der Waals surface area contributed by atoms with Gasteiger partial charge < -0.3 is 4.90 Å². The number of rotatable bonds is 2. The van der Waals surface area contributed by atoms with E-state index in [-0.39, 0.29) is 5.91 Å². The van der Waals surface area contributed by atoms with Crippen LogP contribution < -0.4 is 0 Å². The minimum Gasteiger partial charge on any atom is -0.337 e. The van der Waals surface area contributed by atoms with E-state index in [0.29, 0.717) is 11.6 Å². The van der Waals surface area contributed by atoms with Gasteiger partial charge in [-0.05, 0) is 60.2 Å². The zero-order chi connectivity index (χ0) is 15.8. The Kier molecular flexibility index (Phi) is 3.65. The largest absolute Gasteiger partial charge is 0.337 e. The average Bonchev–Trinajstić information content (AvgIpc) is 3.21. The normalized spacial score (nSPS) is 16.1. The number of carbonyl (C=O) groups excluding carboxylic acids is 1. The van der Waals surface area contributed by atoms with Gasteiger partial charge in [0.2, 0.25) is 0 Å². The summed E-state index contributed by atoms with van der Waals surface area (Å²) in [6, 6.07) is 8.03. The summed E-state index contributed by atoms with van der Waals surface area (Å²) in [6.45, 7) is 3.55. The third-order valence-electron chi connectivity index (χ3n) is 4.70. The van der Waals surface area contributed by atoms with Gasteiger partial charge in [-0.2, -0.15) is 11.3 Å². The fourth-order valence-electron chi connectivity index (χ4n) is 3.44. The molecule has 23 heavy (non-hydrogen) atoms. The van der Waals surface area contributed by atoms with Gasteiger partial charge in [-0.3, -0.25) is 9.20 Å². The Morgan fingerprint density at radius 1 is 1.26 bits per heavy atom. The molecule has 118 valence electrons. The van der Waals surface area contributed by atoms with Crippen LogP contribution >= 0.6 is 11.3 Å². The molecule has 1 saturated heterocycles. The van der Waals surface area contributed by atoms with Crippen molar-refractivity contribution < 1.29 is 4.79 Å². The topological polar surface area (TPSA) is 37.6 Å². The highest BCUT2D eigenvalue weighted by molar-refractivity contribution is 7.07. The number of likely N-dealkylation sites (tertiary alicyclic amines) is 1. The quantitative estimate of drug-likeness (QED) is 0.720. The van der Waals surface area contributed by atoms with Gasteiger partial charge in [0.25, 0.3) is 5.91 Å². The molecule has 1 fully saturated rings. The molecular weight excluding hydrogens is 306 g/mol. The van der Waals surface area contributed by atoms with Crippen LogP contribution in [0.1, 0.15) is 40.5 Å². The minimum atomic E-state index is 0.102. The van der Waals surface area contributed by atoms with Crippen LogP contribution in [-0.2, 0) is 0 Å². The molecule has 4 rings (SSSR count). The maximum absolute atomic E-state index is 13.0. The molecule has 0 saturated carbocycles. The lowest BCUT2D eigenvalue weighted by atomic mass is 9.91. The molecule has 0 atom stereocenters. The van der Waals surface area contributed by atoms with Crippen molar-refractivity contribution in [1.29, 1.82) is 0 Å². The van der Waals surface area contributed by atoms with Crippen molar-refractivity contribution in [3.8, 4) is 0 Å². The van der Waals surface area contributed by atoms with Gasteiger partial charge in [-0.25, -0.2) is 4.98 Å². The molecular formula is C18H19N3OS. The maximum atomic E-state index is 13.0. The summed E-state index contributed by atoms with van der Waals surface area (Å²) in [6.07, 6.45) is 4.00. The summed E-state index contributed by atoms with van der Waals surface area (Å²) < 4.78 is 1.91. The van der Waals surface area contributed by atoms with E-state index in [9.17, 15) is 4.79 Å². The van der Waals surface area contributed by atoms with Crippen molar-refractivity contribution in [1.82, 2.24) is 14.3 Å². The Morgan fingerprint density at radius 3 is 2.83 bits per heavy atom. The second-order valence-corrected chi connectivity index (χ2v) is 6.88. The van der Waals surface area contributed by atoms with E-state index in [1.54, 1.807) is 11.3 Å². The highest BCUT2D eigenvalue weighted by Crippen LogP contribution is 2.30. The molecule has 0 spiro atoms. The van der Waals surface area contributed by atoms with Crippen molar-refractivity contribution >= 4 is 22.9 Å². The molecule has 0 aliphatic carbocycles. The van der Waals surface area contributed by atoms with Gasteiger partial charge in [0, 0.05) is 19.3 Å². The summed E-state index contributed by atoms with van der Waals surface area (Å²) in [5.74, 6) is 0.693. The SMILES string of the molecule is Cc1nc2ccccn2c1C(=O)N1CCC(c2ccsc2)CC1. The van der Waals surface area contributed by atoms with Gasteiger partial charge in [-0.1, -0.05) is 6.07 Å². The number of pyridine rings is 1. The number of hydrogen-bond acceptors (Lipinski definition) is 3. The Bertz CT molecular complexity index is 829. The summed E-state index contributed by atoms with van der Waals surface area (Å²) in [5.41, 5.74) is 3.77. The second kappa shape index (κ2) is 5.81. The van der Waals surface area contributed by atoms with E-state index in [1.165, 1.54) is 5.56 Å². The second-order valence-electron chi connectivity index (χ2n) is 6.10. The van der Waals surface area contributed by atoms with E-state index in [0.717, 1.165) is 37.3 Å². The lowest BCUT2D eigenvalue weighted by Crippen LogP contribution is -2.38. The van der Waals surface area contributed by atoms with Crippen LogP contribution in [0.25, 0.3) is 5.65 Å². The molecule has 0 aromatic carbocycles. The van der Waals surface area contributed by atoms with E-state index in [4.69, 9.17) is 0 Å². The molecule has 3 aromatic heterocycles.